The van der Waals surface area contributed by atoms with Gasteiger partial charge in [0.1, 0.15) is 0 Å². The lowest BCUT2D eigenvalue weighted by atomic mass is 10.1. The zero-order valence-corrected chi connectivity index (χ0v) is 9.59. The molecule has 0 radical (unpaired) electrons. The number of pyridine rings is 1. The minimum Gasteiger partial charge on any atom is -0.478 e. The van der Waals surface area contributed by atoms with E-state index in [0.29, 0.717) is 5.56 Å². The van der Waals surface area contributed by atoms with Crippen molar-refractivity contribution in [3.63, 3.8) is 0 Å². The Hall–Kier alpha value is -1.03. The molecule has 0 aromatic carbocycles. The van der Waals surface area contributed by atoms with Crippen molar-refractivity contribution in [3.8, 4) is 0 Å². The molecule has 1 heterocycles. The number of aryl methyl sites for hydroxylation is 1. The first-order valence-electron chi connectivity index (χ1n) is 4.91. The summed E-state index contributed by atoms with van der Waals surface area (Å²) in [5.74, 6) is 0.265. The second-order valence-electron chi connectivity index (χ2n) is 3.29. The maximum Gasteiger partial charge on any atom is 0.335 e. The molecule has 0 spiro atoms. The van der Waals surface area contributed by atoms with Gasteiger partial charge in [-0.1, -0.05) is 0 Å². The maximum absolute atomic E-state index is 10.7. The molecule has 0 aliphatic carbocycles. The molecule has 82 valence electrons. The maximum atomic E-state index is 10.7. The van der Waals surface area contributed by atoms with Gasteiger partial charge >= 0.3 is 5.97 Å². The highest BCUT2D eigenvalue weighted by Gasteiger charge is 2.03. The lowest BCUT2D eigenvalue weighted by molar-refractivity contribution is 0.0696. The number of aromatic carboxylic acids is 1. The van der Waals surface area contributed by atoms with Gasteiger partial charge in [-0.2, -0.15) is 11.8 Å². The predicted octanol–water partition coefficient (Wildman–Crippen LogP) is 2.47. The van der Waals surface area contributed by atoms with Crippen molar-refractivity contribution in [3.05, 3.63) is 29.6 Å². The summed E-state index contributed by atoms with van der Waals surface area (Å²) in [6.45, 7) is 0. The molecule has 0 fully saturated rings. The Balaban J connectivity index is 2.47. The van der Waals surface area contributed by atoms with Crippen molar-refractivity contribution in [1.82, 2.24) is 4.98 Å². The van der Waals surface area contributed by atoms with Gasteiger partial charge in [-0.15, -0.1) is 0 Å². The number of carbonyl (C=O) groups is 1. The molecule has 0 bridgehead atoms. The zero-order valence-electron chi connectivity index (χ0n) is 8.77. The highest BCUT2D eigenvalue weighted by Crippen LogP contribution is 2.07. The zero-order chi connectivity index (χ0) is 11.1. The average Bonchev–Trinajstić information content (AvgIpc) is 2.25. The SMILES string of the molecule is CSCCCCc1cc(C(=O)O)ccn1. The van der Waals surface area contributed by atoms with Crippen LogP contribution in [0.25, 0.3) is 0 Å². The Morgan fingerprint density at radius 2 is 2.33 bits per heavy atom. The van der Waals surface area contributed by atoms with Gasteiger partial charge in [0, 0.05) is 11.9 Å². The van der Waals surface area contributed by atoms with Crippen LogP contribution < -0.4 is 0 Å². The largest absolute Gasteiger partial charge is 0.478 e. The average molecular weight is 225 g/mol. The van der Waals surface area contributed by atoms with Gasteiger partial charge in [-0.25, -0.2) is 4.79 Å². The smallest absolute Gasteiger partial charge is 0.335 e. The first kappa shape index (κ1) is 12.0. The lowest BCUT2D eigenvalue weighted by Gasteiger charge is -2.01. The lowest BCUT2D eigenvalue weighted by Crippen LogP contribution is -1.99. The highest BCUT2D eigenvalue weighted by molar-refractivity contribution is 7.98. The Morgan fingerprint density at radius 1 is 1.53 bits per heavy atom. The molecule has 0 saturated carbocycles. The van der Waals surface area contributed by atoms with Gasteiger partial charge in [-0.3, -0.25) is 4.98 Å². The van der Waals surface area contributed by atoms with Gasteiger partial charge in [0.25, 0.3) is 0 Å². The molecule has 1 aromatic heterocycles. The Kier molecular flexibility index (Phi) is 5.18. The Morgan fingerprint density at radius 3 is 3.00 bits per heavy atom. The van der Waals surface area contributed by atoms with Crippen molar-refractivity contribution in [2.24, 2.45) is 0 Å². The fraction of sp³-hybridized carbons (Fsp3) is 0.455. The van der Waals surface area contributed by atoms with Crippen LogP contribution in [-0.2, 0) is 6.42 Å². The summed E-state index contributed by atoms with van der Waals surface area (Å²) in [6, 6.07) is 3.18. The predicted molar refractivity (Wildman–Crippen MR) is 62.5 cm³/mol. The van der Waals surface area contributed by atoms with E-state index in [4.69, 9.17) is 5.11 Å². The third-order valence-electron chi connectivity index (χ3n) is 2.09. The first-order valence-corrected chi connectivity index (χ1v) is 6.30. The molecule has 0 amide bonds. The van der Waals surface area contributed by atoms with Crippen LogP contribution in [0.15, 0.2) is 18.3 Å². The van der Waals surface area contributed by atoms with E-state index in [1.165, 1.54) is 6.07 Å². The second kappa shape index (κ2) is 6.45. The van der Waals surface area contributed by atoms with Crippen molar-refractivity contribution < 1.29 is 9.90 Å². The van der Waals surface area contributed by atoms with Crippen LogP contribution in [0.3, 0.4) is 0 Å². The van der Waals surface area contributed by atoms with E-state index in [9.17, 15) is 4.79 Å². The van der Waals surface area contributed by atoms with Gasteiger partial charge in [-0.05, 0) is 43.4 Å². The normalized spacial score (nSPS) is 10.2. The van der Waals surface area contributed by atoms with Crippen molar-refractivity contribution in [2.75, 3.05) is 12.0 Å². The minimum absolute atomic E-state index is 0.324. The van der Waals surface area contributed by atoms with Gasteiger partial charge in [0.15, 0.2) is 0 Å². The van der Waals surface area contributed by atoms with Crippen molar-refractivity contribution >= 4 is 17.7 Å². The van der Waals surface area contributed by atoms with Crippen LogP contribution in [0.5, 0.6) is 0 Å². The van der Waals surface area contributed by atoms with Gasteiger partial charge < -0.3 is 5.11 Å². The van der Waals surface area contributed by atoms with Crippen LogP contribution in [0.1, 0.15) is 28.9 Å². The summed E-state index contributed by atoms with van der Waals surface area (Å²) in [5, 5.41) is 8.79. The first-order chi connectivity index (χ1) is 7.24. The summed E-state index contributed by atoms with van der Waals surface area (Å²) >= 11 is 1.83. The van der Waals surface area contributed by atoms with Gasteiger partial charge in [0.05, 0.1) is 5.56 Å². The Labute approximate surface area is 93.9 Å². The standard InChI is InChI=1S/C11H15NO2S/c1-15-7-3-2-4-10-8-9(11(13)14)5-6-12-10/h5-6,8H,2-4,7H2,1H3,(H,13,14). The Bertz CT molecular complexity index is 328. The summed E-state index contributed by atoms with van der Waals surface area (Å²) in [4.78, 5) is 14.8. The monoisotopic (exact) mass is 225 g/mol. The molecule has 0 aliphatic rings. The molecule has 4 heteroatoms. The van der Waals surface area contributed by atoms with E-state index in [1.54, 1.807) is 12.3 Å². The molecule has 0 saturated heterocycles. The minimum atomic E-state index is -0.886. The fourth-order valence-corrected chi connectivity index (χ4v) is 1.79. The van der Waals surface area contributed by atoms with Crippen LogP contribution in [0, 0.1) is 0 Å². The van der Waals surface area contributed by atoms with E-state index in [-0.39, 0.29) is 0 Å². The number of hydrogen-bond acceptors (Lipinski definition) is 3. The van der Waals surface area contributed by atoms with Crippen LogP contribution >= 0.6 is 11.8 Å². The van der Waals surface area contributed by atoms with E-state index in [0.717, 1.165) is 30.7 Å². The fourth-order valence-electron chi connectivity index (χ4n) is 1.30. The number of nitrogens with zero attached hydrogens (tertiary/aromatic N) is 1. The molecule has 15 heavy (non-hydrogen) atoms. The molecular formula is C11H15NO2S. The topological polar surface area (TPSA) is 50.2 Å². The molecule has 0 unspecified atom stereocenters. The van der Waals surface area contributed by atoms with Gasteiger partial charge in [0.2, 0.25) is 0 Å². The van der Waals surface area contributed by atoms with E-state index < -0.39 is 5.97 Å². The van der Waals surface area contributed by atoms with E-state index in [2.05, 4.69) is 11.2 Å². The van der Waals surface area contributed by atoms with Crippen LogP contribution in [0.2, 0.25) is 0 Å². The number of aromatic nitrogens is 1. The number of thioether (sulfide) groups is 1. The number of rotatable bonds is 6. The second-order valence-corrected chi connectivity index (χ2v) is 4.28. The third kappa shape index (κ3) is 4.34. The summed E-state index contributed by atoms with van der Waals surface area (Å²) in [6.07, 6.45) is 6.73. The van der Waals surface area contributed by atoms with Crippen LogP contribution in [0.4, 0.5) is 0 Å². The molecule has 3 nitrogen and oxygen atoms in total. The third-order valence-corrected chi connectivity index (χ3v) is 2.79. The van der Waals surface area contributed by atoms with E-state index >= 15 is 0 Å². The molecule has 0 aliphatic heterocycles. The quantitative estimate of drug-likeness (QED) is 0.756. The molecule has 1 aromatic rings. The van der Waals surface area contributed by atoms with Crippen LogP contribution in [-0.4, -0.2) is 28.1 Å². The summed E-state index contributed by atoms with van der Waals surface area (Å²) < 4.78 is 0. The summed E-state index contributed by atoms with van der Waals surface area (Å²) in [5.41, 5.74) is 1.20. The number of hydrogen-bond donors (Lipinski definition) is 1. The molecular weight excluding hydrogens is 210 g/mol. The number of carboxylic acids is 1. The molecule has 0 atom stereocenters. The number of carboxylic acid groups (broad SMARTS) is 1. The molecule has 1 rings (SSSR count). The summed E-state index contributed by atoms with van der Waals surface area (Å²) in [7, 11) is 0. The number of unbranched alkanes of at least 4 members (excludes halogenated alkanes) is 1. The van der Waals surface area contributed by atoms with Crippen molar-refractivity contribution in [1.29, 1.82) is 0 Å². The van der Waals surface area contributed by atoms with Crippen molar-refractivity contribution in [2.45, 2.75) is 19.3 Å². The molecule has 1 N–H and O–H groups in total. The van der Waals surface area contributed by atoms with E-state index in [1.807, 2.05) is 11.8 Å². The highest BCUT2D eigenvalue weighted by atomic mass is 32.2.